The number of anilines is 2. The molecule has 3 N–H and O–H groups in total. The summed E-state index contributed by atoms with van der Waals surface area (Å²) in [5, 5.41) is 7.83. The van der Waals surface area contributed by atoms with Crippen molar-refractivity contribution in [1.29, 1.82) is 0 Å². The van der Waals surface area contributed by atoms with E-state index >= 15 is 0 Å². The molecular weight excluding hydrogens is 290 g/mol. The molecule has 1 fully saturated rings. The maximum Gasteiger partial charge on any atom is 0.182 e. The number of nitrogens with one attached hydrogen (secondary N) is 1. The molecule has 1 atom stereocenters. The Balaban J connectivity index is 2.52. The lowest BCUT2D eigenvalue weighted by molar-refractivity contribution is 0.483. The van der Waals surface area contributed by atoms with E-state index in [0.29, 0.717) is 5.82 Å². The van der Waals surface area contributed by atoms with E-state index in [1.807, 2.05) is 18.7 Å². The van der Waals surface area contributed by atoms with Gasteiger partial charge in [0.15, 0.2) is 20.6 Å². The fourth-order valence-corrected chi connectivity index (χ4v) is 3.52. The number of nitrogens with two attached hydrogens (primary N) is 1. The molecule has 8 heteroatoms. The van der Waals surface area contributed by atoms with Gasteiger partial charge in [-0.2, -0.15) is 5.10 Å². The summed E-state index contributed by atoms with van der Waals surface area (Å²) in [6.45, 7) is 7.29. The van der Waals surface area contributed by atoms with Crippen LogP contribution < -0.4 is 16.0 Å². The van der Waals surface area contributed by atoms with E-state index in [9.17, 15) is 8.42 Å². The molecule has 21 heavy (non-hydrogen) atoms. The van der Waals surface area contributed by atoms with Gasteiger partial charge in [-0.05, 0) is 26.3 Å². The molecule has 0 radical (unpaired) electrons. The zero-order valence-corrected chi connectivity index (χ0v) is 13.8. The summed E-state index contributed by atoms with van der Waals surface area (Å²) in [6.07, 6.45) is 3.00. The summed E-state index contributed by atoms with van der Waals surface area (Å²) in [7, 11) is -3.42. The van der Waals surface area contributed by atoms with Crippen LogP contribution in [0.2, 0.25) is 0 Å². The molecular formula is C13H25N5O2S. The molecule has 0 saturated carbocycles. The normalized spacial score (nSPS) is 18.5. The zero-order chi connectivity index (χ0) is 15.6. The predicted molar refractivity (Wildman–Crippen MR) is 84.5 cm³/mol. The van der Waals surface area contributed by atoms with E-state index in [1.165, 1.54) is 6.26 Å². The van der Waals surface area contributed by atoms with E-state index in [-0.39, 0.29) is 16.8 Å². The predicted octanol–water partition coefficient (Wildman–Crippen LogP) is 0.640. The van der Waals surface area contributed by atoms with Crippen LogP contribution in [0.4, 0.5) is 11.6 Å². The molecule has 1 unspecified atom stereocenters. The molecule has 1 aromatic heterocycles. The van der Waals surface area contributed by atoms with Gasteiger partial charge in [0.25, 0.3) is 0 Å². The smallest absolute Gasteiger partial charge is 0.182 e. The van der Waals surface area contributed by atoms with Crippen LogP contribution in [0, 0.1) is 0 Å². The molecule has 2 heterocycles. The Kier molecular flexibility index (Phi) is 4.77. The molecule has 1 saturated heterocycles. The van der Waals surface area contributed by atoms with Crippen molar-refractivity contribution >= 4 is 21.5 Å². The molecule has 0 aliphatic carbocycles. The van der Waals surface area contributed by atoms with Gasteiger partial charge in [0.1, 0.15) is 5.82 Å². The lowest BCUT2D eigenvalue weighted by atomic mass is 10.3. The average Bonchev–Trinajstić information content (AvgIpc) is 2.62. The third kappa shape index (κ3) is 3.32. The maximum absolute atomic E-state index is 12.2. The lowest BCUT2D eigenvalue weighted by Crippen LogP contribution is -2.29. The van der Waals surface area contributed by atoms with E-state index in [2.05, 4.69) is 10.4 Å². The Bertz CT molecular complexity index is 588. The van der Waals surface area contributed by atoms with Crippen molar-refractivity contribution < 1.29 is 8.42 Å². The van der Waals surface area contributed by atoms with Crippen molar-refractivity contribution in [2.75, 3.05) is 43.1 Å². The van der Waals surface area contributed by atoms with Crippen LogP contribution in [0.25, 0.3) is 0 Å². The van der Waals surface area contributed by atoms with Crippen LogP contribution in [0.5, 0.6) is 0 Å². The second kappa shape index (κ2) is 6.23. The molecule has 0 spiro atoms. The summed E-state index contributed by atoms with van der Waals surface area (Å²) in [6, 6.07) is 0.0735. The lowest BCUT2D eigenvalue weighted by Gasteiger charge is -2.20. The number of nitrogens with zero attached hydrogens (tertiary/aromatic N) is 3. The van der Waals surface area contributed by atoms with Crippen LogP contribution in [0.1, 0.15) is 32.7 Å². The van der Waals surface area contributed by atoms with Crippen molar-refractivity contribution in [2.45, 2.75) is 37.6 Å². The molecule has 0 aromatic carbocycles. The van der Waals surface area contributed by atoms with E-state index in [1.54, 1.807) is 4.68 Å². The summed E-state index contributed by atoms with van der Waals surface area (Å²) in [4.78, 5) is 2.19. The quantitative estimate of drug-likeness (QED) is 0.847. The van der Waals surface area contributed by atoms with E-state index in [4.69, 9.17) is 5.73 Å². The number of hydrogen-bond acceptors (Lipinski definition) is 6. The fraction of sp³-hybridized carbons (Fsp3) is 0.769. The first-order chi connectivity index (χ1) is 9.86. The van der Waals surface area contributed by atoms with Crippen LogP contribution in [-0.2, 0) is 9.84 Å². The second-order valence-corrected chi connectivity index (χ2v) is 7.56. The van der Waals surface area contributed by atoms with Crippen LogP contribution in [-0.4, -0.2) is 50.6 Å². The highest BCUT2D eigenvalue weighted by molar-refractivity contribution is 7.91. The van der Waals surface area contributed by atoms with Crippen molar-refractivity contribution in [3.63, 3.8) is 0 Å². The van der Waals surface area contributed by atoms with Gasteiger partial charge in [0, 0.05) is 25.9 Å². The third-order valence-corrected chi connectivity index (χ3v) is 5.04. The SMILES string of the molecule is CCC(C)n1nc(N2CCCNCC2)c(S(C)(=O)=O)c1N. The van der Waals surface area contributed by atoms with Crippen LogP contribution >= 0.6 is 0 Å². The van der Waals surface area contributed by atoms with Gasteiger partial charge in [-0.3, -0.25) is 0 Å². The number of rotatable bonds is 4. The van der Waals surface area contributed by atoms with E-state index < -0.39 is 9.84 Å². The maximum atomic E-state index is 12.2. The first-order valence-corrected chi connectivity index (χ1v) is 9.29. The van der Waals surface area contributed by atoms with Crippen molar-refractivity contribution in [2.24, 2.45) is 0 Å². The first-order valence-electron chi connectivity index (χ1n) is 7.40. The molecule has 120 valence electrons. The monoisotopic (exact) mass is 315 g/mol. The first kappa shape index (κ1) is 16.1. The zero-order valence-electron chi connectivity index (χ0n) is 13.0. The van der Waals surface area contributed by atoms with Crippen LogP contribution in [0.3, 0.4) is 0 Å². The van der Waals surface area contributed by atoms with Gasteiger partial charge >= 0.3 is 0 Å². The highest BCUT2D eigenvalue weighted by atomic mass is 32.2. The highest BCUT2D eigenvalue weighted by Gasteiger charge is 2.29. The Labute approximate surface area is 126 Å². The third-order valence-electron chi connectivity index (χ3n) is 3.90. The fourth-order valence-electron chi connectivity index (χ4n) is 2.55. The Morgan fingerprint density at radius 3 is 2.71 bits per heavy atom. The molecule has 0 bridgehead atoms. The van der Waals surface area contributed by atoms with Gasteiger partial charge in [0.2, 0.25) is 0 Å². The minimum atomic E-state index is -3.42. The topological polar surface area (TPSA) is 93.2 Å². The van der Waals surface area contributed by atoms with Crippen molar-refractivity contribution in [1.82, 2.24) is 15.1 Å². The van der Waals surface area contributed by atoms with Crippen molar-refractivity contribution in [3.8, 4) is 0 Å². The summed E-state index contributed by atoms with van der Waals surface area (Å²) in [5.74, 6) is 0.748. The second-order valence-electron chi connectivity index (χ2n) is 5.60. The average molecular weight is 315 g/mol. The van der Waals surface area contributed by atoms with Crippen molar-refractivity contribution in [3.05, 3.63) is 0 Å². The number of sulfone groups is 1. The standard InChI is InChI=1S/C13H25N5O2S/c1-4-10(2)18-12(14)11(21(3,19)20)13(16-18)17-8-5-6-15-7-9-17/h10,15H,4-9,14H2,1-3H3. The molecule has 2 rings (SSSR count). The van der Waals surface area contributed by atoms with Gasteiger partial charge in [0.05, 0.1) is 6.04 Å². The minimum Gasteiger partial charge on any atom is -0.383 e. The minimum absolute atomic E-state index is 0.0735. The molecule has 1 aliphatic rings. The van der Waals surface area contributed by atoms with Crippen LogP contribution in [0.15, 0.2) is 4.90 Å². The summed E-state index contributed by atoms with van der Waals surface area (Å²) >= 11 is 0. The highest BCUT2D eigenvalue weighted by Crippen LogP contribution is 2.32. The Morgan fingerprint density at radius 1 is 1.38 bits per heavy atom. The largest absolute Gasteiger partial charge is 0.383 e. The number of aromatic nitrogens is 2. The number of nitrogen functional groups attached to an aromatic ring is 1. The molecule has 1 aliphatic heterocycles. The van der Waals surface area contributed by atoms with Gasteiger partial charge in [-0.1, -0.05) is 6.92 Å². The van der Waals surface area contributed by atoms with Gasteiger partial charge in [-0.25, -0.2) is 13.1 Å². The Morgan fingerprint density at radius 2 is 2.10 bits per heavy atom. The number of hydrogen-bond donors (Lipinski definition) is 2. The van der Waals surface area contributed by atoms with E-state index in [0.717, 1.165) is 39.0 Å². The molecule has 0 amide bonds. The van der Waals surface area contributed by atoms with Gasteiger partial charge < -0.3 is 16.0 Å². The summed E-state index contributed by atoms with van der Waals surface area (Å²) in [5.41, 5.74) is 6.09. The molecule has 7 nitrogen and oxygen atoms in total. The van der Waals surface area contributed by atoms with Gasteiger partial charge in [-0.15, -0.1) is 0 Å². The Hall–Kier alpha value is -1.28. The summed E-state index contributed by atoms with van der Waals surface area (Å²) < 4.78 is 25.9. The molecule has 1 aromatic rings.